The molecule has 3 aliphatic carbocycles. The van der Waals surface area contributed by atoms with E-state index in [1.54, 1.807) is 0 Å². The summed E-state index contributed by atoms with van der Waals surface area (Å²) in [6, 6.07) is 0. The largest absolute Gasteiger partial charge is 0.0845 e. The minimum absolute atomic E-state index is 0.604. The predicted molar refractivity (Wildman–Crippen MR) is 60.0 cm³/mol. The summed E-state index contributed by atoms with van der Waals surface area (Å²) in [6.45, 7) is 2.51. The van der Waals surface area contributed by atoms with Crippen LogP contribution in [0.25, 0.3) is 0 Å². The van der Waals surface area contributed by atoms with Crippen molar-refractivity contribution in [3.63, 3.8) is 0 Å². The van der Waals surface area contributed by atoms with Gasteiger partial charge in [-0.05, 0) is 42.4 Å². The molecule has 2 saturated carbocycles. The summed E-state index contributed by atoms with van der Waals surface area (Å²) < 4.78 is 0. The Morgan fingerprint density at radius 3 is 2.71 bits per heavy atom. The summed E-state index contributed by atoms with van der Waals surface area (Å²) in [4.78, 5) is 0. The number of rotatable bonds is 0. The van der Waals surface area contributed by atoms with E-state index >= 15 is 0 Å². The van der Waals surface area contributed by atoms with Crippen molar-refractivity contribution in [2.75, 3.05) is 0 Å². The van der Waals surface area contributed by atoms with Gasteiger partial charge in [-0.1, -0.05) is 44.8 Å². The SMILES string of the molecule is CC12C=CC(C1)C1CCCCCCC12. The van der Waals surface area contributed by atoms with Crippen LogP contribution in [0.2, 0.25) is 0 Å². The Kier molecular flexibility index (Phi) is 2.00. The van der Waals surface area contributed by atoms with Gasteiger partial charge in [-0.15, -0.1) is 0 Å². The lowest BCUT2D eigenvalue weighted by Crippen LogP contribution is -2.26. The first-order valence-corrected chi connectivity index (χ1v) is 6.49. The van der Waals surface area contributed by atoms with Crippen LogP contribution >= 0.6 is 0 Å². The fourth-order valence-electron chi connectivity index (χ4n) is 4.40. The minimum atomic E-state index is 0.604. The van der Waals surface area contributed by atoms with E-state index in [1.807, 2.05) is 0 Å². The Morgan fingerprint density at radius 2 is 1.86 bits per heavy atom. The van der Waals surface area contributed by atoms with Gasteiger partial charge in [0.25, 0.3) is 0 Å². The lowest BCUT2D eigenvalue weighted by Gasteiger charge is -2.35. The van der Waals surface area contributed by atoms with Crippen molar-refractivity contribution in [1.82, 2.24) is 0 Å². The Labute approximate surface area is 87.8 Å². The highest BCUT2D eigenvalue weighted by atomic mass is 14.5. The van der Waals surface area contributed by atoms with E-state index in [-0.39, 0.29) is 0 Å². The highest BCUT2D eigenvalue weighted by Gasteiger charge is 2.50. The second-order valence-electron chi connectivity index (χ2n) is 5.99. The third kappa shape index (κ3) is 1.19. The van der Waals surface area contributed by atoms with Gasteiger partial charge in [-0.2, -0.15) is 0 Å². The van der Waals surface area contributed by atoms with Crippen molar-refractivity contribution in [3.8, 4) is 0 Å². The lowest BCUT2D eigenvalue weighted by atomic mass is 9.70. The molecule has 4 unspecified atom stereocenters. The molecule has 0 saturated heterocycles. The molecule has 0 aromatic carbocycles. The molecule has 0 radical (unpaired) electrons. The molecule has 4 atom stereocenters. The molecule has 3 rings (SSSR count). The average Bonchev–Trinajstić information content (AvgIpc) is 2.57. The lowest BCUT2D eigenvalue weighted by molar-refractivity contribution is 0.192. The van der Waals surface area contributed by atoms with Gasteiger partial charge in [0.1, 0.15) is 0 Å². The molecule has 0 aliphatic heterocycles. The third-order valence-electron chi connectivity index (χ3n) is 5.12. The van der Waals surface area contributed by atoms with Crippen LogP contribution in [0.15, 0.2) is 12.2 Å². The van der Waals surface area contributed by atoms with Gasteiger partial charge < -0.3 is 0 Å². The Bertz CT molecular complexity index is 253. The zero-order chi connectivity index (χ0) is 9.60. The topological polar surface area (TPSA) is 0 Å². The molecule has 78 valence electrons. The van der Waals surface area contributed by atoms with Crippen molar-refractivity contribution in [1.29, 1.82) is 0 Å². The van der Waals surface area contributed by atoms with Crippen LogP contribution in [0.1, 0.15) is 51.9 Å². The second-order valence-corrected chi connectivity index (χ2v) is 5.99. The Morgan fingerprint density at radius 1 is 1.07 bits per heavy atom. The zero-order valence-corrected chi connectivity index (χ0v) is 9.34. The van der Waals surface area contributed by atoms with Crippen molar-refractivity contribution in [2.24, 2.45) is 23.2 Å². The summed E-state index contributed by atoms with van der Waals surface area (Å²) in [7, 11) is 0. The van der Waals surface area contributed by atoms with E-state index in [0.717, 1.165) is 17.8 Å². The molecule has 3 aliphatic rings. The normalized spacial score (nSPS) is 51.4. The first-order chi connectivity index (χ1) is 6.80. The molecule has 0 heterocycles. The van der Waals surface area contributed by atoms with E-state index in [4.69, 9.17) is 0 Å². The Balaban J connectivity index is 1.85. The molecular weight excluding hydrogens is 168 g/mol. The molecule has 0 spiro atoms. The van der Waals surface area contributed by atoms with Crippen molar-refractivity contribution < 1.29 is 0 Å². The highest BCUT2D eigenvalue weighted by molar-refractivity contribution is 5.19. The fraction of sp³-hybridized carbons (Fsp3) is 0.857. The summed E-state index contributed by atoms with van der Waals surface area (Å²) in [5.41, 5.74) is 0.604. The van der Waals surface area contributed by atoms with E-state index in [1.165, 1.54) is 44.9 Å². The molecule has 0 aromatic rings. The zero-order valence-electron chi connectivity index (χ0n) is 9.34. The van der Waals surface area contributed by atoms with Gasteiger partial charge in [0.15, 0.2) is 0 Å². The van der Waals surface area contributed by atoms with Crippen LogP contribution in [0.4, 0.5) is 0 Å². The maximum atomic E-state index is 2.54. The first kappa shape index (κ1) is 9.00. The highest BCUT2D eigenvalue weighted by Crippen LogP contribution is 2.59. The molecule has 2 bridgehead atoms. The molecule has 0 aromatic heterocycles. The Hall–Kier alpha value is -0.260. The van der Waals surface area contributed by atoms with Gasteiger partial charge in [0.2, 0.25) is 0 Å². The molecule has 2 fully saturated rings. The van der Waals surface area contributed by atoms with Gasteiger partial charge >= 0.3 is 0 Å². The first-order valence-electron chi connectivity index (χ1n) is 6.49. The smallest absolute Gasteiger partial charge is 0.0110 e. The average molecular weight is 190 g/mol. The number of allylic oxidation sites excluding steroid dienone is 2. The minimum Gasteiger partial charge on any atom is -0.0845 e. The van der Waals surface area contributed by atoms with E-state index < -0.39 is 0 Å². The van der Waals surface area contributed by atoms with Crippen LogP contribution in [0, 0.1) is 23.2 Å². The van der Waals surface area contributed by atoms with Crippen LogP contribution < -0.4 is 0 Å². The van der Waals surface area contributed by atoms with Gasteiger partial charge in [0, 0.05) is 0 Å². The molecule has 0 amide bonds. The van der Waals surface area contributed by atoms with Crippen LogP contribution in [0.3, 0.4) is 0 Å². The van der Waals surface area contributed by atoms with Gasteiger partial charge in [-0.25, -0.2) is 0 Å². The molecule has 0 nitrogen and oxygen atoms in total. The standard InChI is InChI=1S/C14H22/c1-14-9-8-11(10-14)12-6-4-2-3-5-7-13(12)14/h8-9,11-13H,2-7,10H2,1H3. The summed E-state index contributed by atoms with van der Waals surface area (Å²) in [6.07, 6.45) is 15.6. The quantitative estimate of drug-likeness (QED) is 0.503. The van der Waals surface area contributed by atoms with Crippen molar-refractivity contribution >= 4 is 0 Å². The second kappa shape index (κ2) is 3.12. The molecular formula is C14H22. The van der Waals surface area contributed by atoms with E-state index in [9.17, 15) is 0 Å². The van der Waals surface area contributed by atoms with Gasteiger partial charge in [0.05, 0.1) is 0 Å². The maximum absolute atomic E-state index is 2.54. The monoisotopic (exact) mass is 190 g/mol. The summed E-state index contributed by atoms with van der Waals surface area (Å²) >= 11 is 0. The fourth-order valence-corrected chi connectivity index (χ4v) is 4.40. The summed E-state index contributed by atoms with van der Waals surface area (Å²) in [5, 5.41) is 0. The molecule has 14 heavy (non-hydrogen) atoms. The predicted octanol–water partition coefficient (Wildman–Crippen LogP) is 4.17. The van der Waals surface area contributed by atoms with Crippen molar-refractivity contribution in [2.45, 2.75) is 51.9 Å². The number of hydrogen-bond donors (Lipinski definition) is 0. The number of hydrogen-bond acceptors (Lipinski definition) is 0. The maximum Gasteiger partial charge on any atom is -0.0110 e. The van der Waals surface area contributed by atoms with E-state index in [0.29, 0.717) is 5.41 Å². The molecule has 0 N–H and O–H groups in total. The third-order valence-corrected chi connectivity index (χ3v) is 5.12. The molecule has 0 heteroatoms. The summed E-state index contributed by atoms with van der Waals surface area (Å²) in [5.74, 6) is 3.06. The van der Waals surface area contributed by atoms with Crippen LogP contribution in [-0.2, 0) is 0 Å². The van der Waals surface area contributed by atoms with Crippen molar-refractivity contribution in [3.05, 3.63) is 12.2 Å². The number of fused-ring (bicyclic) bond motifs is 5. The van der Waals surface area contributed by atoms with Crippen LogP contribution in [0.5, 0.6) is 0 Å². The van der Waals surface area contributed by atoms with E-state index in [2.05, 4.69) is 19.1 Å². The van der Waals surface area contributed by atoms with Gasteiger partial charge in [-0.3, -0.25) is 0 Å². The van der Waals surface area contributed by atoms with Crippen LogP contribution in [-0.4, -0.2) is 0 Å².